The molecule has 2 N–H and O–H groups in total. The molecule has 0 saturated heterocycles. The van der Waals surface area contributed by atoms with E-state index < -0.39 is 5.97 Å². The molecule has 0 saturated carbocycles. The van der Waals surface area contributed by atoms with E-state index in [0.717, 1.165) is 6.42 Å². The van der Waals surface area contributed by atoms with Crippen LogP contribution in [0.25, 0.3) is 0 Å². The highest BCUT2D eigenvalue weighted by molar-refractivity contribution is 7.99. The molecule has 0 heterocycles. The molecule has 0 aliphatic carbocycles. The number of hydrogen-bond donors (Lipinski definition) is 2. The molecule has 0 bridgehead atoms. The van der Waals surface area contributed by atoms with Crippen LogP contribution in [0.15, 0.2) is 0 Å². The Balaban J connectivity index is 3.30. The van der Waals surface area contributed by atoms with Gasteiger partial charge in [-0.1, -0.05) is 13.8 Å². The highest BCUT2D eigenvalue weighted by Crippen LogP contribution is 2.02. The molecule has 0 atom stereocenters. The first-order valence-corrected chi connectivity index (χ1v) is 6.24. The summed E-state index contributed by atoms with van der Waals surface area (Å²) in [5.41, 5.74) is 0. The third kappa shape index (κ3) is 11.2. The lowest BCUT2D eigenvalue weighted by atomic mass is 10.1. The lowest BCUT2D eigenvalue weighted by Gasteiger charge is -2.06. The molecule has 0 aliphatic rings. The second-order valence-corrected chi connectivity index (χ2v) is 4.83. The molecule has 0 aromatic heterocycles. The smallest absolute Gasteiger partial charge is 0.304 e. The standard InChI is InChI=1S/C10H19NO3S/c1-8(2)3-5-11-9(12)7-15-6-4-10(13)14/h8H,3-7H2,1-2H3,(H,11,12)(H,13,14). The van der Waals surface area contributed by atoms with Gasteiger partial charge < -0.3 is 10.4 Å². The van der Waals surface area contributed by atoms with Gasteiger partial charge in [-0.3, -0.25) is 9.59 Å². The predicted molar refractivity (Wildman–Crippen MR) is 62.0 cm³/mol. The summed E-state index contributed by atoms with van der Waals surface area (Å²) in [4.78, 5) is 21.4. The van der Waals surface area contributed by atoms with Crippen LogP contribution in [0, 0.1) is 5.92 Å². The Bertz CT molecular complexity index is 207. The Labute approximate surface area is 94.8 Å². The van der Waals surface area contributed by atoms with Crippen LogP contribution < -0.4 is 5.32 Å². The Morgan fingerprint density at radius 2 is 2.07 bits per heavy atom. The Hall–Kier alpha value is -0.710. The van der Waals surface area contributed by atoms with E-state index in [0.29, 0.717) is 24.0 Å². The van der Waals surface area contributed by atoms with Gasteiger partial charge in [0.25, 0.3) is 0 Å². The average Bonchev–Trinajstić information content (AvgIpc) is 2.11. The van der Waals surface area contributed by atoms with E-state index in [1.54, 1.807) is 0 Å². The van der Waals surface area contributed by atoms with Crippen molar-refractivity contribution in [2.45, 2.75) is 26.7 Å². The minimum atomic E-state index is -0.817. The topological polar surface area (TPSA) is 66.4 Å². The molecule has 0 aromatic carbocycles. The van der Waals surface area contributed by atoms with Crippen LogP contribution in [-0.2, 0) is 9.59 Å². The minimum absolute atomic E-state index is 0.00830. The molecular weight excluding hydrogens is 214 g/mol. The number of hydrogen-bond acceptors (Lipinski definition) is 3. The fourth-order valence-electron chi connectivity index (χ4n) is 0.876. The number of carboxylic acid groups (broad SMARTS) is 1. The van der Waals surface area contributed by atoms with Gasteiger partial charge in [0, 0.05) is 12.3 Å². The number of rotatable bonds is 8. The molecular formula is C10H19NO3S. The number of carboxylic acids is 1. The maximum atomic E-state index is 11.2. The molecule has 88 valence electrons. The van der Waals surface area contributed by atoms with Crippen LogP contribution >= 0.6 is 11.8 Å². The van der Waals surface area contributed by atoms with Gasteiger partial charge in [0.15, 0.2) is 0 Å². The van der Waals surface area contributed by atoms with Crippen molar-refractivity contribution in [2.24, 2.45) is 5.92 Å². The summed E-state index contributed by atoms with van der Waals surface area (Å²) < 4.78 is 0. The van der Waals surface area contributed by atoms with Crippen LogP contribution in [-0.4, -0.2) is 35.0 Å². The molecule has 15 heavy (non-hydrogen) atoms. The van der Waals surface area contributed by atoms with E-state index in [9.17, 15) is 9.59 Å². The second-order valence-electron chi connectivity index (χ2n) is 3.73. The second kappa shape index (κ2) is 8.59. The fourth-order valence-corrected chi connectivity index (χ4v) is 1.63. The molecule has 0 radical (unpaired) electrons. The van der Waals surface area contributed by atoms with Crippen molar-refractivity contribution < 1.29 is 14.7 Å². The fraction of sp³-hybridized carbons (Fsp3) is 0.800. The van der Waals surface area contributed by atoms with Crippen LogP contribution in [0.4, 0.5) is 0 Å². The molecule has 1 amide bonds. The molecule has 0 aromatic rings. The largest absolute Gasteiger partial charge is 0.481 e. The van der Waals surface area contributed by atoms with Crippen molar-refractivity contribution in [3.05, 3.63) is 0 Å². The number of carbonyl (C=O) groups is 2. The average molecular weight is 233 g/mol. The van der Waals surface area contributed by atoms with E-state index in [1.807, 2.05) is 0 Å². The van der Waals surface area contributed by atoms with Crippen LogP contribution in [0.5, 0.6) is 0 Å². The summed E-state index contributed by atoms with van der Waals surface area (Å²) >= 11 is 1.36. The van der Waals surface area contributed by atoms with Gasteiger partial charge in [0.1, 0.15) is 0 Å². The zero-order chi connectivity index (χ0) is 11.7. The van der Waals surface area contributed by atoms with Crippen molar-refractivity contribution in [2.75, 3.05) is 18.1 Å². The maximum Gasteiger partial charge on any atom is 0.304 e. The normalized spacial score (nSPS) is 10.3. The summed E-state index contributed by atoms with van der Waals surface area (Å²) in [5.74, 6) is 0.608. The molecule has 0 fully saturated rings. The maximum absolute atomic E-state index is 11.2. The Morgan fingerprint density at radius 1 is 1.40 bits per heavy atom. The number of aliphatic carboxylic acids is 1. The van der Waals surface area contributed by atoms with Gasteiger partial charge in [-0.2, -0.15) is 11.8 Å². The van der Waals surface area contributed by atoms with Crippen molar-refractivity contribution in [3.8, 4) is 0 Å². The molecule has 0 rings (SSSR count). The Morgan fingerprint density at radius 3 is 2.60 bits per heavy atom. The summed E-state index contributed by atoms with van der Waals surface area (Å²) in [6.45, 7) is 4.91. The number of amides is 1. The number of thioether (sulfide) groups is 1. The van der Waals surface area contributed by atoms with Crippen molar-refractivity contribution in [3.63, 3.8) is 0 Å². The van der Waals surface area contributed by atoms with E-state index in [2.05, 4.69) is 19.2 Å². The monoisotopic (exact) mass is 233 g/mol. The first-order valence-electron chi connectivity index (χ1n) is 5.08. The zero-order valence-electron chi connectivity index (χ0n) is 9.28. The highest BCUT2D eigenvalue weighted by atomic mass is 32.2. The molecule has 0 aliphatic heterocycles. The van der Waals surface area contributed by atoms with Crippen molar-refractivity contribution in [1.82, 2.24) is 5.32 Å². The molecule has 5 heteroatoms. The summed E-state index contributed by atoms with van der Waals surface area (Å²) in [7, 11) is 0. The van der Waals surface area contributed by atoms with Gasteiger partial charge in [-0.25, -0.2) is 0 Å². The quantitative estimate of drug-likeness (QED) is 0.621. The van der Waals surface area contributed by atoms with Crippen molar-refractivity contribution >= 4 is 23.6 Å². The minimum Gasteiger partial charge on any atom is -0.481 e. The highest BCUT2D eigenvalue weighted by Gasteiger charge is 2.03. The van der Waals surface area contributed by atoms with Crippen LogP contribution in [0.3, 0.4) is 0 Å². The van der Waals surface area contributed by atoms with E-state index in [-0.39, 0.29) is 12.3 Å². The van der Waals surface area contributed by atoms with Gasteiger partial charge in [0.2, 0.25) is 5.91 Å². The summed E-state index contributed by atoms with van der Waals surface area (Å²) in [6.07, 6.45) is 1.09. The van der Waals surface area contributed by atoms with E-state index in [4.69, 9.17) is 5.11 Å². The predicted octanol–water partition coefficient (Wildman–Crippen LogP) is 1.36. The van der Waals surface area contributed by atoms with Crippen LogP contribution in [0.1, 0.15) is 26.7 Å². The van der Waals surface area contributed by atoms with Gasteiger partial charge in [0.05, 0.1) is 12.2 Å². The lowest BCUT2D eigenvalue weighted by Crippen LogP contribution is -2.27. The molecule has 0 unspecified atom stereocenters. The van der Waals surface area contributed by atoms with E-state index in [1.165, 1.54) is 11.8 Å². The third-order valence-corrected chi connectivity index (χ3v) is 2.70. The van der Waals surface area contributed by atoms with Crippen LogP contribution in [0.2, 0.25) is 0 Å². The van der Waals surface area contributed by atoms with Gasteiger partial charge in [-0.15, -0.1) is 0 Å². The first kappa shape index (κ1) is 14.3. The Kier molecular flexibility index (Phi) is 8.18. The molecule has 0 spiro atoms. The zero-order valence-corrected chi connectivity index (χ0v) is 10.1. The number of carbonyl (C=O) groups excluding carboxylic acids is 1. The SMILES string of the molecule is CC(C)CCNC(=O)CSCCC(=O)O. The third-order valence-electron chi connectivity index (χ3n) is 1.74. The molecule has 4 nitrogen and oxygen atoms in total. The van der Waals surface area contributed by atoms with Gasteiger partial charge in [-0.05, 0) is 12.3 Å². The summed E-state index contributed by atoms with van der Waals surface area (Å²) in [5, 5.41) is 11.2. The summed E-state index contributed by atoms with van der Waals surface area (Å²) in [6, 6.07) is 0. The first-order chi connectivity index (χ1) is 7.02. The number of nitrogens with one attached hydrogen (secondary N) is 1. The van der Waals surface area contributed by atoms with Gasteiger partial charge >= 0.3 is 5.97 Å². The van der Waals surface area contributed by atoms with E-state index >= 15 is 0 Å². The van der Waals surface area contributed by atoms with Crippen molar-refractivity contribution in [1.29, 1.82) is 0 Å². The lowest BCUT2D eigenvalue weighted by molar-refractivity contribution is -0.136.